The predicted octanol–water partition coefficient (Wildman–Crippen LogP) is 3.22. The number of hydrogen-bond donors (Lipinski definition) is 3. The topological polar surface area (TPSA) is 106 Å². The number of benzene rings is 2. The van der Waals surface area contributed by atoms with Gasteiger partial charge >= 0.3 is 5.97 Å². The maximum atomic E-state index is 12.4. The molecule has 9 heteroatoms. The summed E-state index contributed by atoms with van der Waals surface area (Å²) in [5.74, 6) is 5.35. The number of hydrogen-bond acceptors (Lipinski definition) is 4. The van der Waals surface area contributed by atoms with Crippen molar-refractivity contribution < 1.29 is 18.3 Å². The van der Waals surface area contributed by atoms with E-state index in [-0.39, 0.29) is 13.1 Å². The molecule has 1 saturated heterocycles. The molecule has 1 atom stereocenters. The van der Waals surface area contributed by atoms with Crippen LogP contribution in [0.25, 0.3) is 5.57 Å². The summed E-state index contributed by atoms with van der Waals surface area (Å²) in [5, 5.41) is 8.99. The van der Waals surface area contributed by atoms with Crippen LogP contribution in [0.3, 0.4) is 0 Å². The third kappa shape index (κ3) is 5.68. The summed E-state index contributed by atoms with van der Waals surface area (Å²) in [7, 11) is -3.84. The molecule has 1 aliphatic heterocycles. The number of carboxylic acids is 1. The largest absolute Gasteiger partial charge is 0.480 e. The highest BCUT2D eigenvalue weighted by Gasteiger charge is 2.29. The van der Waals surface area contributed by atoms with Gasteiger partial charge < -0.3 is 15.0 Å². The number of aromatic nitrogens is 1. The number of aliphatic carboxylic acids is 1. The fraction of sp³-hybridized carbons (Fsp3) is 0.276. The highest BCUT2D eigenvalue weighted by atomic mass is 32.2. The summed E-state index contributed by atoms with van der Waals surface area (Å²) in [4.78, 5) is 16.4. The van der Waals surface area contributed by atoms with Crippen molar-refractivity contribution in [1.82, 2.24) is 14.0 Å². The number of allylic oxidation sites excluding steroid dienone is 1. The highest BCUT2D eigenvalue weighted by molar-refractivity contribution is 7.87. The fourth-order valence-electron chi connectivity index (χ4n) is 4.79. The van der Waals surface area contributed by atoms with Gasteiger partial charge in [-0.15, -0.1) is 0 Å². The summed E-state index contributed by atoms with van der Waals surface area (Å²) in [5.41, 5.74) is 7.78. The van der Waals surface area contributed by atoms with Gasteiger partial charge in [0.2, 0.25) is 0 Å². The first-order chi connectivity index (χ1) is 18.3. The van der Waals surface area contributed by atoms with E-state index in [9.17, 15) is 13.2 Å². The molecule has 1 aromatic heterocycles. The van der Waals surface area contributed by atoms with Crippen molar-refractivity contribution in [2.24, 2.45) is 0 Å². The Morgan fingerprint density at radius 2 is 1.74 bits per heavy atom. The predicted molar refractivity (Wildman–Crippen MR) is 148 cm³/mol. The normalized spacial score (nSPS) is 16.7. The first kappa shape index (κ1) is 25.8. The number of fused-ring (bicyclic) bond motifs is 1. The van der Waals surface area contributed by atoms with Crippen molar-refractivity contribution in [2.45, 2.75) is 25.8 Å². The summed E-state index contributed by atoms with van der Waals surface area (Å²) in [6.45, 7) is 2.89. The van der Waals surface area contributed by atoms with Crippen molar-refractivity contribution >= 4 is 27.4 Å². The molecule has 0 spiro atoms. The summed E-state index contributed by atoms with van der Waals surface area (Å²) in [6, 6.07) is 17.3. The lowest BCUT2D eigenvalue weighted by Gasteiger charge is -2.35. The molecule has 196 valence electrons. The molecule has 38 heavy (non-hydrogen) atoms. The Hall–Kier alpha value is -3.84. The van der Waals surface area contributed by atoms with Gasteiger partial charge in [-0.25, -0.2) is 0 Å². The molecule has 3 aromatic rings. The highest BCUT2D eigenvalue weighted by Crippen LogP contribution is 2.31. The van der Waals surface area contributed by atoms with E-state index in [1.807, 2.05) is 36.5 Å². The molecule has 0 amide bonds. The third-order valence-corrected chi connectivity index (χ3v) is 8.61. The fourth-order valence-corrected chi connectivity index (χ4v) is 6.13. The van der Waals surface area contributed by atoms with E-state index in [0.29, 0.717) is 13.1 Å². The van der Waals surface area contributed by atoms with Gasteiger partial charge in [0, 0.05) is 60.5 Å². The molecular weight excluding hydrogens is 500 g/mol. The Morgan fingerprint density at radius 1 is 1.03 bits per heavy atom. The molecular formula is C29H30N4O4S. The molecule has 1 fully saturated rings. The lowest BCUT2D eigenvalue weighted by molar-refractivity contribution is -0.138. The van der Waals surface area contributed by atoms with Gasteiger partial charge in [0.25, 0.3) is 10.2 Å². The van der Waals surface area contributed by atoms with Crippen LogP contribution in [0.4, 0.5) is 5.69 Å². The zero-order valence-corrected chi connectivity index (χ0v) is 22.0. The van der Waals surface area contributed by atoms with Gasteiger partial charge in [-0.3, -0.25) is 4.79 Å². The molecule has 0 radical (unpaired) electrons. The monoisotopic (exact) mass is 530 g/mol. The number of rotatable bonds is 6. The van der Waals surface area contributed by atoms with Crippen molar-refractivity contribution in [2.75, 3.05) is 31.1 Å². The second-order valence-corrected chi connectivity index (χ2v) is 11.2. The van der Waals surface area contributed by atoms with Crippen LogP contribution in [0.2, 0.25) is 0 Å². The minimum absolute atomic E-state index is 0.278. The van der Waals surface area contributed by atoms with Crippen molar-refractivity contribution in [3.05, 3.63) is 94.8 Å². The van der Waals surface area contributed by atoms with E-state index in [1.165, 1.54) is 27.9 Å². The number of H-pyrrole nitrogens is 1. The molecule has 1 aliphatic carbocycles. The number of piperazine rings is 1. The standard InChI is InChI=1S/C29H30N4O4S/c1-21(29(34)35)31-38(36,37)33-18-16-32(17-19-33)25-13-10-22(11-14-25)7-8-23-9-12-24-4-2-5-26(27(24)20-23)28-6-3-15-30-28/h3,5-6,9-15,20-21,30-31H,2,4,16-19H2,1H3,(H,34,35)/t21-/m1/s1. The van der Waals surface area contributed by atoms with E-state index >= 15 is 0 Å². The zero-order chi connectivity index (χ0) is 26.7. The quantitative estimate of drug-likeness (QED) is 0.425. The average Bonchev–Trinajstić information content (AvgIpc) is 3.46. The van der Waals surface area contributed by atoms with E-state index in [0.717, 1.165) is 35.3 Å². The van der Waals surface area contributed by atoms with Crippen LogP contribution in [0.1, 0.15) is 41.3 Å². The Morgan fingerprint density at radius 3 is 2.42 bits per heavy atom. The van der Waals surface area contributed by atoms with Gasteiger partial charge in [-0.2, -0.15) is 17.4 Å². The van der Waals surface area contributed by atoms with Crippen LogP contribution >= 0.6 is 0 Å². The van der Waals surface area contributed by atoms with Gasteiger partial charge in [0.05, 0.1) is 0 Å². The first-order valence-corrected chi connectivity index (χ1v) is 14.1. The van der Waals surface area contributed by atoms with E-state index in [2.05, 4.69) is 56.8 Å². The van der Waals surface area contributed by atoms with Crippen LogP contribution in [0, 0.1) is 11.8 Å². The molecule has 8 nitrogen and oxygen atoms in total. The number of nitrogens with zero attached hydrogens (tertiary/aromatic N) is 2. The lowest BCUT2D eigenvalue weighted by Crippen LogP contribution is -2.54. The van der Waals surface area contributed by atoms with Gasteiger partial charge in [-0.1, -0.05) is 24.0 Å². The summed E-state index contributed by atoms with van der Waals surface area (Å²) >= 11 is 0. The maximum Gasteiger partial charge on any atom is 0.321 e. The number of aryl methyl sites for hydroxylation is 1. The molecule has 0 bridgehead atoms. The summed E-state index contributed by atoms with van der Waals surface area (Å²) in [6.07, 6.45) is 6.30. The smallest absolute Gasteiger partial charge is 0.321 e. The SMILES string of the molecule is C[C@@H](NS(=O)(=O)N1CCN(c2ccc(C#Cc3ccc4c(c3)C(c3ccc[nH]3)=CCC4)cc2)CC1)C(=O)O. The van der Waals surface area contributed by atoms with Crippen LogP contribution in [-0.4, -0.2) is 61.0 Å². The third-order valence-electron chi connectivity index (χ3n) is 6.91. The number of carbonyl (C=O) groups is 1. The van der Waals surface area contributed by atoms with Crippen molar-refractivity contribution in [1.29, 1.82) is 0 Å². The second kappa shape index (κ2) is 10.9. The Kier molecular flexibility index (Phi) is 7.38. The molecule has 2 heterocycles. The van der Waals surface area contributed by atoms with Crippen LogP contribution in [0.5, 0.6) is 0 Å². The van der Waals surface area contributed by atoms with Gasteiger partial charge in [-0.05, 0) is 79.4 Å². The number of anilines is 1. The number of carboxylic acid groups (broad SMARTS) is 1. The maximum absolute atomic E-state index is 12.4. The molecule has 2 aliphatic rings. The van der Waals surface area contributed by atoms with Crippen LogP contribution < -0.4 is 9.62 Å². The van der Waals surface area contributed by atoms with E-state index in [1.54, 1.807) is 0 Å². The van der Waals surface area contributed by atoms with Crippen molar-refractivity contribution in [3.63, 3.8) is 0 Å². The minimum atomic E-state index is -3.84. The Labute approximate surface area is 223 Å². The van der Waals surface area contributed by atoms with Crippen molar-refractivity contribution in [3.8, 4) is 11.8 Å². The van der Waals surface area contributed by atoms with Crippen LogP contribution in [-0.2, 0) is 21.4 Å². The second-order valence-electron chi connectivity index (χ2n) is 9.48. The number of aromatic amines is 1. The molecule has 5 rings (SSSR count). The number of nitrogens with one attached hydrogen (secondary N) is 2. The summed E-state index contributed by atoms with van der Waals surface area (Å²) < 4.78 is 28.4. The average molecular weight is 531 g/mol. The van der Waals surface area contributed by atoms with E-state index < -0.39 is 22.2 Å². The minimum Gasteiger partial charge on any atom is -0.480 e. The zero-order valence-electron chi connectivity index (χ0n) is 21.1. The molecule has 2 aromatic carbocycles. The van der Waals surface area contributed by atoms with E-state index in [4.69, 9.17) is 5.11 Å². The molecule has 0 unspecified atom stereocenters. The van der Waals surface area contributed by atoms with Crippen LogP contribution in [0.15, 0.2) is 66.9 Å². The molecule has 0 saturated carbocycles. The first-order valence-electron chi connectivity index (χ1n) is 12.6. The molecule has 3 N–H and O–H groups in total. The Balaban J connectivity index is 1.23. The Bertz CT molecular complexity index is 1510. The lowest BCUT2D eigenvalue weighted by atomic mass is 9.88. The van der Waals surface area contributed by atoms with Gasteiger partial charge in [0.15, 0.2) is 0 Å². The van der Waals surface area contributed by atoms with Gasteiger partial charge in [0.1, 0.15) is 6.04 Å².